The van der Waals surface area contributed by atoms with Crippen molar-refractivity contribution in [3.63, 3.8) is 0 Å². The van der Waals surface area contributed by atoms with Gasteiger partial charge in [-0.3, -0.25) is 10.2 Å². The van der Waals surface area contributed by atoms with Gasteiger partial charge in [0.15, 0.2) is 0 Å². The van der Waals surface area contributed by atoms with E-state index >= 15 is 0 Å². The Morgan fingerprint density at radius 2 is 1.93 bits per heavy atom. The number of ether oxygens (including phenoxy) is 1. The summed E-state index contributed by atoms with van der Waals surface area (Å²) >= 11 is 0. The number of aliphatic carboxylic acids is 1. The van der Waals surface area contributed by atoms with Gasteiger partial charge in [0.05, 0.1) is 6.42 Å². The number of carbonyl (C=O) groups excluding carboxylic acids is 1. The lowest BCUT2D eigenvalue weighted by Crippen LogP contribution is -2.41. The van der Waals surface area contributed by atoms with Gasteiger partial charge in [0.1, 0.15) is 5.60 Å². The molecule has 14 heavy (non-hydrogen) atoms. The molecular weight excluding hydrogens is 188 g/mol. The van der Waals surface area contributed by atoms with Crippen LogP contribution < -0.4 is 10.9 Å². The number of nitrogens with one attached hydrogen (secondary N) is 2. The van der Waals surface area contributed by atoms with Crippen molar-refractivity contribution in [2.75, 3.05) is 6.54 Å². The van der Waals surface area contributed by atoms with Crippen molar-refractivity contribution in [2.24, 2.45) is 0 Å². The summed E-state index contributed by atoms with van der Waals surface area (Å²) in [7, 11) is 0. The van der Waals surface area contributed by atoms with E-state index in [4.69, 9.17) is 9.84 Å². The molecule has 0 aliphatic carbocycles. The molecule has 82 valence electrons. The molecule has 0 spiro atoms. The predicted molar refractivity (Wildman–Crippen MR) is 49.6 cm³/mol. The van der Waals surface area contributed by atoms with Crippen molar-refractivity contribution < 1.29 is 19.4 Å². The van der Waals surface area contributed by atoms with Gasteiger partial charge >= 0.3 is 12.1 Å². The molecule has 0 unspecified atom stereocenters. The molecule has 3 N–H and O–H groups in total. The largest absolute Gasteiger partial charge is 0.481 e. The van der Waals surface area contributed by atoms with Crippen LogP contribution in [0.15, 0.2) is 0 Å². The molecule has 0 fully saturated rings. The van der Waals surface area contributed by atoms with Crippen molar-refractivity contribution in [3.8, 4) is 0 Å². The molecule has 6 nitrogen and oxygen atoms in total. The van der Waals surface area contributed by atoms with E-state index in [1.54, 1.807) is 20.8 Å². The third kappa shape index (κ3) is 8.79. The lowest BCUT2D eigenvalue weighted by atomic mass is 10.2. The Hall–Kier alpha value is -1.30. The summed E-state index contributed by atoms with van der Waals surface area (Å²) in [6, 6.07) is 0. The third-order valence-corrected chi connectivity index (χ3v) is 1.05. The quantitative estimate of drug-likeness (QED) is 0.458. The number of hydrogen-bond acceptors (Lipinski definition) is 4. The first-order chi connectivity index (χ1) is 6.31. The van der Waals surface area contributed by atoms with Gasteiger partial charge in [-0.05, 0) is 20.8 Å². The number of hydrazine groups is 1. The number of hydrogen-bond donors (Lipinski definition) is 3. The Bertz CT molecular complexity index is 210. The minimum Gasteiger partial charge on any atom is -0.481 e. The van der Waals surface area contributed by atoms with Gasteiger partial charge in [0, 0.05) is 6.54 Å². The Kier molecular flexibility index (Phi) is 4.93. The van der Waals surface area contributed by atoms with Crippen LogP contribution in [0.3, 0.4) is 0 Å². The average Bonchev–Trinajstić information content (AvgIpc) is 1.94. The van der Waals surface area contributed by atoms with Crippen LogP contribution in [0.1, 0.15) is 27.2 Å². The summed E-state index contributed by atoms with van der Waals surface area (Å²) in [4.78, 5) is 21.0. The van der Waals surface area contributed by atoms with Crippen LogP contribution in [0.5, 0.6) is 0 Å². The van der Waals surface area contributed by atoms with Gasteiger partial charge in [-0.25, -0.2) is 10.2 Å². The Morgan fingerprint density at radius 3 is 2.36 bits per heavy atom. The molecule has 0 aliphatic heterocycles. The normalized spacial score (nSPS) is 10.8. The molecule has 0 rings (SSSR count). The molecule has 0 aromatic rings. The number of amides is 1. The monoisotopic (exact) mass is 204 g/mol. The van der Waals surface area contributed by atoms with Gasteiger partial charge < -0.3 is 9.84 Å². The van der Waals surface area contributed by atoms with Crippen LogP contribution in [0.4, 0.5) is 4.79 Å². The first-order valence-electron chi connectivity index (χ1n) is 4.25. The van der Waals surface area contributed by atoms with Crippen molar-refractivity contribution in [1.29, 1.82) is 0 Å². The number of rotatable bonds is 4. The molecule has 0 atom stereocenters. The highest BCUT2D eigenvalue weighted by molar-refractivity contribution is 5.68. The minimum atomic E-state index is -0.927. The summed E-state index contributed by atoms with van der Waals surface area (Å²) in [6.45, 7) is 5.38. The fourth-order valence-electron chi connectivity index (χ4n) is 0.608. The van der Waals surface area contributed by atoms with E-state index in [-0.39, 0.29) is 13.0 Å². The molecule has 1 amide bonds. The Morgan fingerprint density at radius 1 is 1.36 bits per heavy atom. The average molecular weight is 204 g/mol. The van der Waals surface area contributed by atoms with Crippen molar-refractivity contribution in [3.05, 3.63) is 0 Å². The van der Waals surface area contributed by atoms with Crippen LogP contribution >= 0.6 is 0 Å². The lowest BCUT2D eigenvalue weighted by molar-refractivity contribution is -0.136. The molecule has 0 aliphatic rings. The van der Waals surface area contributed by atoms with E-state index in [0.29, 0.717) is 0 Å². The van der Waals surface area contributed by atoms with E-state index in [2.05, 4.69) is 10.9 Å². The van der Waals surface area contributed by atoms with E-state index in [0.717, 1.165) is 0 Å². The zero-order valence-corrected chi connectivity index (χ0v) is 8.59. The molecule has 0 saturated heterocycles. The summed E-state index contributed by atoms with van der Waals surface area (Å²) in [5.74, 6) is -0.927. The second kappa shape index (κ2) is 5.43. The van der Waals surface area contributed by atoms with E-state index < -0.39 is 17.7 Å². The molecule has 0 aromatic heterocycles. The maximum absolute atomic E-state index is 11.0. The van der Waals surface area contributed by atoms with Crippen molar-refractivity contribution >= 4 is 12.1 Å². The van der Waals surface area contributed by atoms with Gasteiger partial charge in [-0.2, -0.15) is 0 Å². The first kappa shape index (κ1) is 12.7. The van der Waals surface area contributed by atoms with Gasteiger partial charge in [-0.15, -0.1) is 0 Å². The molecule has 0 heterocycles. The Balaban J connectivity index is 3.50. The molecule has 0 saturated carbocycles. The van der Waals surface area contributed by atoms with Gasteiger partial charge in [0.25, 0.3) is 0 Å². The Labute approximate surface area is 82.6 Å². The first-order valence-corrected chi connectivity index (χ1v) is 4.25. The van der Waals surface area contributed by atoms with E-state index in [1.807, 2.05) is 0 Å². The molecule has 0 radical (unpaired) electrons. The number of carboxylic acid groups (broad SMARTS) is 1. The van der Waals surface area contributed by atoms with Crippen LogP contribution in [0, 0.1) is 0 Å². The smallest absolute Gasteiger partial charge is 0.422 e. The highest BCUT2D eigenvalue weighted by Crippen LogP contribution is 2.05. The summed E-state index contributed by atoms with van der Waals surface area (Å²) in [5, 5.41) is 8.28. The zero-order valence-electron chi connectivity index (χ0n) is 8.59. The fourth-order valence-corrected chi connectivity index (χ4v) is 0.608. The summed E-state index contributed by atoms with van der Waals surface area (Å²) in [6.07, 6.45) is -0.682. The predicted octanol–water partition coefficient (Wildman–Crippen LogP) is 0.490. The number of carbonyl (C=O) groups is 2. The van der Waals surface area contributed by atoms with Crippen LogP contribution in [0.25, 0.3) is 0 Å². The second-order valence-corrected chi connectivity index (χ2v) is 3.70. The van der Waals surface area contributed by atoms with Crippen LogP contribution in [0.2, 0.25) is 0 Å². The van der Waals surface area contributed by atoms with E-state index in [9.17, 15) is 9.59 Å². The van der Waals surface area contributed by atoms with Crippen molar-refractivity contribution in [1.82, 2.24) is 10.9 Å². The maximum atomic E-state index is 11.0. The van der Waals surface area contributed by atoms with Gasteiger partial charge in [-0.1, -0.05) is 0 Å². The van der Waals surface area contributed by atoms with Crippen LogP contribution in [-0.4, -0.2) is 29.3 Å². The highest BCUT2D eigenvalue weighted by Gasteiger charge is 2.15. The highest BCUT2D eigenvalue weighted by atomic mass is 16.6. The second-order valence-electron chi connectivity index (χ2n) is 3.70. The minimum absolute atomic E-state index is 0.0597. The van der Waals surface area contributed by atoms with Crippen molar-refractivity contribution in [2.45, 2.75) is 32.8 Å². The van der Waals surface area contributed by atoms with Crippen LogP contribution in [-0.2, 0) is 9.53 Å². The molecule has 6 heteroatoms. The zero-order chi connectivity index (χ0) is 11.2. The maximum Gasteiger partial charge on any atom is 0.422 e. The topological polar surface area (TPSA) is 87.7 Å². The molecule has 0 bridgehead atoms. The standard InChI is InChI=1S/C8H16N2O4/c1-8(2,3)14-7(13)10-9-5-4-6(11)12/h9H,4-5H2,1-3H3,(H,10,13)(H,11,12). The van der Waals surface area contributed by atoms with Gasteiger partial charge in [0.2, 0.25) is 0 Å². The fraction of sp³-hybridized carbons (Fsp3) is 0.750. The number of carboxylic acids is 1. The van der Waals surface area contributed by atoms with E-state index in [1.165, 1.54) is 0 Å². The lowest BCUT2D eigenvalue weighted by Gasteiger charge is -2.19. The molecule has 0 aromatic carbocycles. The molecular formula is C8H16N2O4. The SMILES string of the molecule is CC(C)(C)OC(=O)NNCCC(=O)O. The third-order valence-electron chi connectivity index (χ3n) is 1.05. The summed E-state index contributed by atoms with van der Waals surface area (Å²) in [5.41, 5.74) is 4.10. The summed E-state index contributed by atoms with van der Waals surface area (Å²) < 4.78 is 4.88.